The van der Waals surface area contributed by atoms with Crippen LogP contribution in [-0.4, -0.2) is 5.24 Å². The average molecular weight is 259 g/mol. The number of hydrogen-bond donors (Lipinski definition) is 0. The van der Waals surface area contributed by atoms with Crippen LogP contribution in [0.1, 0.15) is 38.8 Å². The van der Waals surface area contributed by atoms with Gasteiger partial charge in [0.1, 0.15) is 5.38 Å². The lowest BCUT2D eigenvalue weighted by atomic mass is 9.88. The van der Waals surface area contributed by atoms with E-state index >= 15 is 0 Å². The number of hydrogen-bond acceptors (Lipinski definition) is 1. The molecule has 0 amide bonds. The molecule has 1 aromatic rings. The van der Waals surface area contributed by atoms with E-state index in [9.17, 15) is 4.79 Å². The zero-order valence-corrected chi connectivity index (χ0v) is 11.8. The molecular weight excluding hydrogens is 243 g/mol. The van der Waals surface area contributed by atoms with Crippen molar-refractivity contribution in [2.24, 2.45) is 0 Å². The van der Waals surface area contributed by atoms with Crippen molar-refractivity contribution in [1.82, 2.24) is 0 Å². The highest BCUT2D eigenvalue weighted by molar-refractivity contribution is 6.68. The second-order valence-corrected chi connectivity index (χ2v) is 5.01. The number of halogens is 2. The number of carbonyl (C=O) groups excluding carboxylic acids is 1. The highest BCUT2D eigenvalue weighted by Gasteiger charge is 2.22. The minimum absolute atomic E-state index is 0.518. The molecule has 88 valence electrons. The van der Waals surface area contributed by atoms with E-state index in [1.54, 1.807) is 0 Å². The lowest BCUT2D eigenvalue weighted by Gasteiger charge is -2.20. The van der Waals surface area contributed by atoms with Gasteiger partial charge in [0.05, 0.1) is 0 Å². The summed E-state index contributed by atoms with van der Waals surface area (Å²) in [7, 11) is 0. The first-order chi connectivity index (χ1) is 7.29. The van der Waals surface area contributed by atoms with Crippen molar-refractivity contribution >= 4 is 28.4 Å². The molecule has 0 aliphatic heterocycles. The molecule has 0 saturated heterocycles. The van der Waals surface area contributed by atoms with Crippen LogP contribution in [0.15, 0.2) is 0 Å². The Morgan fingerprint density at radius 1 is 0.875 bits per heavy atom. The van der Waals surface area contributed by atoms with Crippen LogP contribution in [0, 0.1) is 34.6 Å². The summed E-state index contributed by atoms with van der Waals surface area (Å²) in [6.07, 6.45) is 0. The van der Waals surface area contributed by atoms with Gasteiger partial charge in [-0.05, 0) is 79.6 Å². The number of benzene rings is 1. The molecule has 0 aliphatic rings. The quantitative estimate of drug-likeness (QED) is 0.572. The summed E-state index contributed by atoms with van der Waals surface area (Å²) in [5, 5.41) is -1.27. The van der Waals surface area contributed by atoms with Crippen LogP contribution in [0.25, 0.3) is 0 Å². The fraction of sp³-hybridized carbons (Fsp3) is 0.462. The largest absolute Gasteiger partial charge is 0.279 e. The molecule has 1 unspecified atom stereocenters. The second kappa shape index (κ2) is 4.77. The molecule has 1 rings (SSSR count). The summed E-state index contributed by atoms with van der Waals surface area (Å²) in [6.45, 7) is 10.1. The highest BCUT2D eigenvalue weighted by Crippen LogP contribution is 2.34. The van der Waals surface area contributed by atoms with Crippen molar-refractivity contribution in [3.63, 3.8) is 0 Å². The van der Waals surface area contributed by atoms with Crippen LogP contribution in [0.4, 0.5) is 0 Å². The van der Waals surface area contributed by atoms with E-state index in [-0.39, 0.29) is 0 Å². The molecule has 0 bridgehead atoms. The second-order valence-electron chi connectivity index (χ2n) is 4.21. The number of rotatable bonds is 2. The lowest BCUT2D eigenvalue weighted by Crippen LogP contribution is -2.08. The van der Waals surface area contributed by atoms with Crippen molar-refractivity contribution in [2.75, 3.05) is 0 Å². The predicted octanol–water partition coefficient (Wildman–Crippen LogP) is 4.27. The first kappa shape index (κ1) is 13.5. The third kappa shape index (κ3) is 2.11. The Morgan fingerprint density at radius 2 is 1.19 bits per heavy atom. The average Bonchev–Trinajstić information content (AvgIpc) is 2.23. The van der Waals surface area contributed by atoms with Gasteiger partial charge < -0.3 is 0 Å². The molecule has 0 spiro atoms. The van der Waals surface area contributed by atoms with E-state index in [0.717, 1.165) is 16.7 Å². The predicted molar refractivity (Wildman–Crippen MR) is 69.6 cm³/mol. The van der Waals surface area contributed by atoms with Crippen molar-refractivity contribution in [3.8, 4) is 0 Å². The van der Waals surface area contributed by atoms with Crippen LogP contribution in [0.3, 0.4) is 0 Å². The van der Waals surface area contributed by atoms with E-state index in [4.69, 9.17) is 23.2 Å². The van der Waals surface area contributed by atoms with E-state index in [0.29, 0.717) is 0 Å². The van der Waals surface area contributed by atoms with Crippen LogP contribution in [-0.2, 0) is 4.79 Å². The van der Waals surface area contributed by atoms with Gasteiger partial charge in [-0.15, -0.1) is 11.6 Å². The van der Waals surface area contributed by atoms with E-state index in [1.807, 2.05) is 27.7 Å². The maximum absolute atomic E-state index is 11.2. The Bertz CT molecular complexity index is 421. The molecule has 0 aliphatic carbocycles. The minimum Gasteiger partial charge on any atom is -0.279 e. The van der Waals surface area contributed by atoms with Crippen molar-refractivity contribution in [2.45, 2.75) is 40.0 Å². The van der Waals surface area contributed by atoms with E-state index < -0.39 is 10.6 Å². The third-order valence-electron chi connectivity index (χ3n) is 3.51. The summed E-state index contributed by atoms with van der Waals surface area (Å²) >= 11 is 11.5. The molecule has 1 aromatic carbocycles. The normalized spacial score (nSPS) is 12.7. The topological polar surface area (TPSA) is 17.1 Å². The zero-order chi connectivity index (χ0) is 12.6. The smallest absolute Gasteiger partial charge is 0.244 e. The zero-order valence-electron chi connectivity index (χ0n) is 10.2. The van der Waals surface area contributed by atoms with Crippen molar-refractivity contribution in [1.29, 1.82) is 0 Å². The molecule has 1 atom stereocenters. The van der Waals surface area contributed by atoms with Crippen molar-refractivity contribution in [3.05, 3.63) is 33.4 Å². The Labute approximate surface area is 107 Å². The van der Waals surface area contributed by atoms with Crippen LogP contribution >= 0.6 is 23.2 Å². The molecule has 3 heteroatoms. The molecule has 0 N–H and O–H groups in total. The van der Waals surface area contributed by atoms with Gasteiger partial charge in [-0.25, -0.2) is 0 Å². The third-order valence-corrected chi connectivity index (χ3v) is 4.26. The SMILES string of the molecule is Cc1c(C)c(C)c(C(Cl)C(=O)Cl)c(C)c1C. The van der Waals surface area contributed by atoms with Gasteiger partial charge >= 0.3 is 0 Å². The Morgan fingerprint density at radius 3 is 1.50 bits per heavy atom. The van der Waals surface area contributed by atoms with Gasteiger partial charge in [0.15, 0.2) is 0 Å². The maximum atomic E-state index is 11.2. The molecule has 0 radical (unpaired) electrons. The number of carbonyl (C=O) groups is 1. The summed E-state index contributed by atoms with van der Waals surface area (Å²) in [5.74, 6) is 0. The van der Waals surface area contributed by atoms with E-state index in [1.165, 1.54) is 16.7 Å². The molecule has 1 nitrogen and oxygen atoms in total. The Hall–Kier alpha value is -0.530. The van der Waals surface area contributed by atoms with Gasteiger partial charge in [-0.1, -0.05) is 0 Å². The fourth-order valence-electron chi connectivity index (χ4n) is 2.02. The molecule has 0 saturated carbocycles. The summed E-state index contributed by atoms with van der Waals surface area (Å²) < 4.78 is 0. The standard InChI is InChI=1S/C13H16Cl2O/c1-6-7(2)9(4)11(10(5)8(6)3)12(14)13(15)16/h12H,1-5H3. The van der Waals surface area contributed by atoms with Crippen molar-refractivity contribution < 1.29 is 4.79 Å². The molecule has 0 heterocycles. The first-order valence-electron chi connectivity index (χ1n) is 5.19. The highest BCUT2D eigenvalue weighted by atomic mass is 35.5. The minimum atomic E-state index is -0.750. The van der Waals surface area contributed by atoms with Gasteiger partial charge in [0.2, 0.25) is 5.24 Å². The first-order valence-corrected chi connectivity index (χ1v) is 6.00. The molecule has 16 heavy (non-hydrogen) atoms. The number of alkyl halides is 1. The fourth-order valence-corrected chi connectivity index (χ4v) is 2.46. The monoisotopic (exact) mass is 258 g/mol. The molecule has 0 aromatic heterocycles. The van der Waals surface area contributed by atoms with Crippen LogP contribution < -0.4 is 0 Å². The maximum Gasteiger partial charge on any atom is 0.244 e. The summed E-state index contributed by atoms with van der Waals surface area (Å²) in [5.41, 5.74) is 6.61. The van der Waals surface area contributed by atoms with Crippen LogP contribution in [0.5, 0.6) is 0 Å². The lowest BCUT2D eigenvalue weighted by molar-refractivity contribution is -0.111. The van der Waals surface area contributed by atoms with E-state index in [2.05, 4.69) is 6.92 Å². The van der Waals surface area contributed by atoms with Gasteiger partial charge in [0, 0.05) is 0 Å². The summed E-state index contributed by atoms with van der Waals surface area (Å²) in [6, 6.07) is 0. The summed E-state index contributed by atoms with van der Waals surface area (Å²) in [4.78, 5) is 11.2. The van der Waals surface area contributed by atoms with Gasteiger partial charge in [-0.3, -0.25) is 4.79 Å². The Kier molecular flexibility index (Phi) is 4.03. The Balaban J connectivity index is 3.57. The van der Waals surface area contributed by atoms with Gasteiger partial charge in [-0.2, -0.15) is 0 Å². The molecule has 0 fully saturated rings. The molecular formula is C13H16Cl2O. The van der Waals surface area contributed by atoms with Crippen LogP contribution in [0.2, 0.25) is 0 Å². The van der Waals surface area contributed by atoms with Gasteiger partial charge in [0.25, 0.3) is 0 Å².